The largest absolute Gasteiger partial charge is 0.370 e. The normalized spacial score (nSPS) is 20.1. The Morgan fingerprint density at radius 3 is 3.12 bits per heavy atom. The third-order valence-electron chi connectivity index (χ3n) is 3.07. The second-order valence-corrected chi connectivity index (χ2v) is 5.10. The molecule has 5 heteroatoms. The van der Waals surface area contributed by atoms with E-state index in [1.165, 1.54) is 10.9 Å². The molecule has 1 atom stereocenters. The number of aromatic nitrogens is 1. The summed E-state index contributed by atoms with van der Waals surface area (Å²) in [6.07, 6.45) is 3.02. The van der Waals surface area contributed by atoms with Crippen molar-refractivity contribution in [2.24, 2.45) is 10.7 Å². The van der Waals surface area contributed by atoms with E-state index in [0.717, 1.165) is 23.0 Å². The highest BCUT2D eigenvalue weighted by Gasteiger charge is 2.18. The SMILES string of the molecule is NC1=NCC[C@H](c2c[nH]c3ccc(Br)cc23)N1. The molecule has 4 nitrogen and oxygen atoms in total. The van der Waals surface area contributed by atoms with Crippen molar-refractivity contribution in [1.29, 1.82) is 0 Å². The van der Waals surface area contributed by atoms with Crippen molar-refractivity contribution in [3.8, 4) is 0 Å². The minimum absolute atomic E-state index is 0.246. The van der Waals surface area contributed by atoms with E-state index < -0.39 is 0 Å². The standard InChI is InChI=1S/C12H13BrN4/c13-7-1-2-10-8(5-7)9(6-16-10)11-3-4-15-12(14)17-11/h1-2,5-6,11,16H,3-4H2,(H3,14,15,17)/t11-/m1/s1. The van der Waals surface area contributed by atoms with Gasteiger partial charge in [0.2, 0.25) is 0 Å². The van der Waals surface area contributed by atoms with Crippen LogP contribution in [-0.2, 0) is 0 Å². The number of nitrogens with zero attached hydrogens (tertiary/aromatic N) is 1. The van der Waals surface area contributed by atoms with Crippen LogP contribution in [0.4, 0.5) is 0 Å². The fourth-order valence-corrected chi connectivity index (χ4v) is 2.61. The lowest BCUT2D eigenvalue weighted by Crippen LogP contribution is -2.38. The number of H-pyrrole nitrogens is 1. The summed E-state index contributed by atoms with van der Waals surface area (Å²) in [5.74, 6) is 0.533. The molecule has 17 heavy (non-hydrogen) atoms. The molecule has 1 aromatic carbocycles. The van der Waals surface area contributed by atoms with Crippen LogP contribution < -0.4 is 11.1 Å². The number of benzene rings is 1. The molecule has 0 fully saturated rings. The Labute approximate surface area is 107 Å². The van der Waals surface area contributed by atoms with E-state index in [2.05, 4.69) is 43.4 Å². The van der Waals surface area contributed by atoms with Gasteiger partial charge in [-0.15, -0.1) is 0 Å². The van der Waals surface area contributed by atoms with Gasteiger partial charge in [0.25, 0.3) is 0 Å². The van der Waals surface area contributed by atoms with Crippen LogP contribution in [-0.4, -0.2) is 17.5 Å². The van der Waals surface area contributed by atoms with E-state index >= 15 is 0 Å². The number of aliphatic imine (C=N–C) groups is 1. The topological polar surface area (TPSA) is 66.2 Å². The number of fused-ring (bicyclic) bond motifs is 1. The molecule has 2 heterocycles. The first-order chi connectivity index (χ1) is 8.24. The lowest BCUT2D eigenvalue weighted by Gasteiger charge is -2.22. The third kappa shape index (κ3) is 1.91. The molecule has 1 aliphatic rings. The molecule has 0 radical (unpaired) electrons. The molecule has 0 spiro atoms. The summed E-state index contributed by atoms with van der Waals surface area (Å²) < 4.78 is 1.09. The molecule has 0 saturated carbocycles. The number of rotatable bonds is 1. The van der Waals surface area contributed by atoms with E-state index in [1.807, 2.05) is 12.3 Å². The number of nitrogens with one attached hydrogen (secondary N) is 2. The van der Waals surface area contributed by atoms with Gasteiger partial charge in [0.05, 0.1) is 6.04 Å². The summed E-state index contributed by atoms with van der Waals surface area (Å²) in [6.45, 7) is 0.782. The lowest BCUT2D eigenvalue weighted by atomic mass is 10.0. The average Bonchev–Trinajstić information content (AvgIpc) is 2.71. The predicted molar refractivity (Wildman–Crippen MR) is 73.0 cm³/mol. The maximum Gasteiger partial charge on any atom is 0.189 e. The second-order valence-electron chi connectivity index (χ2n) is 4.19. The molecule has 4 N–H and O–H groups in total. The first-order valence-corrected chi connectivity index (χ1v) is 6.36. The summed E-state index contributed by atoms with van der Waals surface area (Å²) >= 11 is 3.50. The molecule has 88 valence electrons. The Hall–Kier alpha value is -1.49. The molecular formula is C12H13BrN4. The predicted octanol–water partition coefficient (Wildman–Crippen LogP) is 2.28. The van der Waals surface area contributed by atoms with E-state index in [1.54, 1.807) is 0 Å². The summed E-state index contributed by atoms with van der Waals surface area (Å²) in [7, 11) is 0. The van der Waals surface area contributed by atoms with E-state index in [4.69, 9.17) is 5.73 Å². The van der Waals surface area contributed by atoms with Gasteiger partial charge in [-0.05, 0) is 30.2 Å². The molecule has 2 aromatic rings. The molecule has 0 unspecified atom stereocenters. The first-order valence-electron chi connectivity index (χ1n) is 5.57. The Kier molecular flexibility index (Phi) is 2.55. The smallest absolute Gasteiger partial charge is 0.189 e. The lowest BCUT2D eigenvalue weighted by molar-refractivity contribution is 0.572. The van der Waals surface area contributed by atoms with Crippen molar-refractivity contribution in [2.45, 2.75) is 12.5 Å². The Balaban J connectivity index is 2.05. The summed E-state index contributed by atoms with van der Waals surface area (Å²) in [5, 5.41) is 4.45. The van der Waals surface area contributed by atoms with Crippen molar-refractivity contribution in [1.82, 2.24) is 10.3 Å². The number of halogens is 1. The van der Waals surface area contributed by atoms with Crippen molar-refractivity contribution < 1.29 is 0 Å². The second kappa shape index (κ2) is 4.07. The van der Waals surface area contributed by atoms with Gasteiger partial charge < -0.3 is 16.0 Å². The van der Waals surface area contributed by atoms with Crippen LogP contribution >= 0.6 is 15.9 Å². The minimum atomic E-state index is 0.246. The van der Waals surface area contributed by atoms with Crippen LogP contribution in [0.1, 0.15) is 18.0 Å². The van der Waals surface area contributed by atoms with Gasteiger partial charge in [-0.25, -0.2) is 0 Å². The van der Waals surface area contributed by atoms with Gasteiger partial charge in [-0.2, -0.15) is 0 Å². The van der Waals surface area contributed by atoms with Gasteiger partial charge in [0.15, 0.2) is 5.96 Å². The van der Waals surface area contributed by atoms with Crippen LogP contribution in [0.3, 0.4) is 0 Å². The highest BCUT2D eigenvalue weighted by Crippen LogP contribution is 2.29. The Morgan fingerprint density at radius 2 is 2.29 bits per heavy atom. The van der Waals surface area contributed by atoms with E-state index in [0.29, 0.717) is 5.96 Å². The van der Waals surface area contributed by atoms with Gasteiger partial charge in [-0.1, -0.05) is 15.9 Å². The molecule has 0 bridgehead atoms. The number of hydrogen-bond acceptors (Lipinski definition) is 3. The average molecular weight is 293 g/mol. The van der Waals surface area contributed by atoms with E-state index in [-0.39, 0.29) is 6.04 Å². The van der Waals surface area contributed by atoms with Gasteiger partial charge in [0, 0.05) is 28.1 Å². The molecule has 1 aromatic heterocycles. The molecule has 0 saturated heterocycles. The van der Waals surface area contributed by atoms with Gasteiger partial charge in [0.1, 0.15) is 0 Å². The van der Waals surface area contributed by atoms with Gasteiger partial charge in [-0.3, -0.25) is 4.99 Å². The highest BCUT2D eigenvalue weighted by atomic mass is 79.9. The zero-order chi connectivity index (χ0) is 11.8. The summed E-state index contributed by atoms with van der Waals surface area (Å²) in [4.78, 5) is 7.44. The van der Waals surface area contributed by atoms with Crippen LogP contribution in [0.15, 0.2) is 33.9 Å². The number of guanidine groups is 1. The maximum absolute atomic E-state index is 5.72. The van der Waals surface area contributed by atoms with Crippen LogP contribution in [0.25, 0.3) is 10.9 Å². The fourth-order valence-electron chi connectivity index (χ4n) is 2.25. The summed E-state index contributed by atoms with van der Waals surface area (Å²) in [5.41, 5.74) is 8.12. The number of hydrogen-bond donors (Lipinski definition) is 3. The third-order valence-corrected chi connectivity index (χ3v) is 3.57. The minimum Gasteiger partial charge on any atom is -0.370 e. The van der Waals surface area contributed by atoms with Crippen molar-refractivity contribution in [2.75, 3.05) is 6.54 Å². The zero-order valence-electron chi connectivity index (χ0n) is 9.20. The van der Waals surface area contributed by atoms with Crippen molar-refractivity contribution in [3.05, 3.63) is 34.4 Å². The van der Waals surface area contributed by atoms with E-state index in [9.17, 15) is 0 Å². The van der Waals surface area contributed by atoms with Crippen LogP contribution in [0.2, 0.25) is 0 Å². The number of aromatic amines is 1. The van der Waals surface area contributed by atoms with Crippen LogP contribution in [0, 0.1) is 0 Å². The Bertz CT molecular complexity index is 587. The molecule has 3 rings (SSSR count). The summed E-state index contributed by atoms with van der Waals surface area (Å²) in [6, 6.07) is 6.48. The molecule has 0 aliphatic carbocycles. The highest BCUT2D eigenvalue weighted by molar-refractivity contribution is 9.10. The molecule has 1 aliphatic heterocycles. The monoisotopic (exact) mass is 292 g/mol. The molecular weight excluding hydrogens is 280 g/mol. The first kappa shape index (κ1) is 10.7. The molecule has 0 amide bonds. The zero-order valence-corrected chi connectivity index (χ0v) is 10.8. The number of nitrogens with two attached hydrogens (primary N) is 1. The van der Waals surface area contributed by atoms with Gasteiger partial charge >= 0.3 is 0 Å². The van der Waals surface area contributed by atoms with Crippen LogP contribution in [0.5, 0.6) is 0 Å². The maximum atomic E-state index is 5.72. The Morgan fingerprint density at radius 1 is 1.41 bits per heavy atom. The van der Waals surface area contributed by atoms with Crippen molar-refractivity contribution in [3.63, 3.8) is 0 Å². The van der Waals surface area contributed by atoms with Crippen molar-refractivity contribution >= 4 is 32.8 Å². The fraction of sp³-hybridized carbons (Fsp3) is 0.250. The quantitative estimate of drug-likeness (QED) is 0.755.